The summed E-state index contributed by atoms with van der Waals surface area (Å²) in [7, 11) is 0. The molecule has 0 fully saturated rings. The second-order valence-electron chi connectivity index (χ2n) is 4.48. The summed E-state index contributed by atoms with van der Waals surface area (Å²) in [6.07, 6.45) is 2.43. The Kier molecular flexibility index (Phi) is 3.83. The van der Waals surface area contributed by atoms with Gasteiger partial charge in [0.15, 0.2) is 6.29 Å². The lowest BCUT2D eigenvalue weighted by molar-refractivity contribution is 0.112. The lowest BCUT2D eigenvalue weighted by Gasteiger charge is -2.01. The van der Waals surface area contributed by atoms with E-state index in [2.05, 4.69) is 27.7 Å². The quantitative estimate of drug-likeness (QED) is 0.497. The number of aldehydes is 1. The summed E-state index contributed by atoms with van der Waals surface area (Å²) in [5.41, 5.74) is 2.60. The molecule has 21 heavy (non-hydrogen) atoms. The zero-order valence-electron chi connectivity index (χ0n) is 10.8. The zero-order valence-corrected chi connectivity index (χ0v) is 13.0. The van der Waals surface area contributed by atoms with Crippen LogP contribution in [0.2, 0.25) is 0 Å². The van der Waals surface area contributed by atoms with Crippen molar-refractivity contribution < 1.29 is 9.18 Å². The summed E-state index contributed by atoms with van der Waals surface area (Å²) >= 11 is 2.23. The molecule has 3 rings (SSSR count). The van der Waals surface area contributed by atoms with E-state index in [1.54, 1.807) is 23.0 Å². The monoisotopic (exact) mass is 392 g/mol. The van der Waals surface area contributed by atoms with Gasteiger partial charge in [-0.05, 0) is 71.1 Å². The molecule has 0 aliphatic rings. The molecule has 3 nitrogen and oxygen atoms in total. The molecule has 0 radical (unpaired) electrons. The predicted molar refractivity (Wildman–Crippen MR) is 87.1 cm³/mol. The van der Waals surface area contributed by atoms with Gasteiger partial charge in [0.05, 0.1) is 11.3 Å². The van der Waals surface area contributed by atoms with Crippen molar-refractivity contribution in [2.45, 2.75) is 0 Å². The summed E-state index contributed by atoms with van der Waals surface area (Å²) in [5.74, 6) is -0.316. The molecule has 0 unspecified atom stereocenters. The molecule has 3 aromatic rings. The van der Waals surface area contributed by atoms with Gasteiger partial charge in [0.2, 0.25) is 0 Å². The standard InChI is InChI=1S/C16H10FIN2O/c17-13-3-1-11(2-4-13)16-12(10-21)9-20(19-16)15-7-5-14(18)6-8-15/h1-10H. The fourth-order valence-electron chi connectivity index (χ4n) is 2.03. The Morgan fingerprint density at radius 2 is 1.71 bits per heavy atom. The Balaban J connectivity index is 2.08. The topological polar surface area (TPSA) is 34.9 Å². The highest BCUT2D eigenvalue weighted by atomic mass is 127. The molecule has 0 atom stereocenters. The second-order valence-corrected chi connectivity index (χ2v) is 5.72. The first-order valence-corrected chi connectivity index (χ1v) is 7.32. The molecule has 0 aliphatic carbocycles. The van der Waals surface area contributed by atoms with Crippen LogP contribution in [0.3, 0.4) is 0 Å². The SMILES string of the molecule is O=Cc1cn(-c2ccc(I)cc2)nc1-c1ccc(F)cc1. The van der Waals surface area contributed by atoms with Gasteiger partial charge in [0, 0.05) is 15.3 Å². The maximum absolute atomic E-state index is 13.0. The molecule has 5 heteroatoms. The van der Waals surface area contributed by atoms with E-state index in [1.165, 1.54) is 12.1 Å². The smallest absolute Gasteiger partial charge is 0.153 e. The van der Waals surface area contributed by atoms with Gasteiger partial charge in [0.25, 0.3) is 0 Å². The van der Waals surface area contributed by atoms with Gasteiger partial charge in [-0.2, -0.15) is 5.10 Å². The van der Waals surface area contributed by atoms with E-state index in [0.29, 0.717) is 16.8 Å². The van der Waals surface area contributed by atoms with Gasteiger partial charge < -0.3 is 0 Å². The third-order valence-electron chi connectivity index (χ3n) is 3.08. The van der Waals surface area contributed by atoms with Crippen molar-refractivity contribution in [3.8, 4) is 16.9 Å². The molecule has 1 aromatic heterocycles. The highest BCUT2D eigenvalue weighted by molar-refractivity contribution is 14.1. The van der Waals surface area contributed by atoms with Crippen LogP contribution in [0, 0.1) is 9.39 Å². The average molecular weight is 392 g/mol. The number of hydrogen-bond acceptors (Lipinski definition) is 2. The van der Waals surface area contributed by atoms with E-state index in [9.17, 15) is 9.18 Å². The molecule has 1 heterocycles. The number of hydrogen-bond donors (Lipinski definition) is 0. The first kappa shape index (κ1) is 13.9. The van der Waals surface area contributed by atoms with Gasteiger partial charge in [-0.1, -0.05) is 0 Å². The summed E-state index contributed by atoms with van der Waals surface area (Å²) < 4.78 is 15.8. The number of rotatable bonds is 3. The van der Waals surface area contributed by atoms with Gasteiger partial charge >= 0.3 is 0 Å². The van der Waals surface area contributed by atoms with E-state index < -0.39 is 0 Å². The van der Waals surface area contributed by atoms with E-state index >= 15 is 0 Å². The van der Waals surface area contributed by atoms with Gasteiger partial charge in [0.1, 0.15) is 11.5 Å². The van der Waals surface area contributed by atoms with Crippen LogP contribution in [0.5, 0.6) is 0 Å². The molecule has 104 valence electrons. The van der Waals surface area contributed by atoms with Crippen LogP contribution in [0.15, 0.2) is 54.7 Å². The molecule has 0 aliphatic heterocycles. The number of carbonyl (C=O) groups excluding carboxylic acids is 1. The summed E-state index contributed by atoms with van der Waals surface area (Å²) in [5, 5.41) is 4.44. The fraction of sp³-hybridized carbons (Fsp3) is 0. The van der Waals surface area contributed by atoms with Crippen molar-refractivity contribution >= 4 is 28.9 Å². The molecule has 0 amide bonds. The largest absolute Gasteiger partial charge is 0.298 e. The number of carbonyl (C=O) groups is 1. The van der Waals surface area contributed by atoms with Gasteiger partial charge in [-0.3, -0.25) is 4.79 Å². The van der Waals surface area contributed by atoms with Crippen LogP contribution >= 0.6 is 22.6 Å². The molecule has 0 spiro atoms. The maximum Gasteiger partial charge on any atom is 0.153 e. The lowest BCUT2D eigenvalue weighted by Crippen LogP contribution is -1.94. The van der Waals surface area contributed by atoms with Crippen LogP contribution in [-0.4, -0.2) is 16.1 Å². The van der Waals surface area contributed by atoms with Gasteiger partial charge in [-0.25, -0.2) is 9.07 Å². The summed E-state index contributed by atoms with van der Waals surface area (Å²) in [6, 6.07) is 13.7. The molecular weight excluding hydrogens is 382 g/mol. The van der Waals surface area contributed by atoms with E-state index in [1.807, 2.05) is 24.3 Å². The Morgan fingerprint density at radius 3 is 2.33 bits per heavy atom. The van der Waals surface area contributed by atoms with Crippen LogP contribution < -0.4 is 0 Å². The number of benzene rings is 2. The van der Waals surface area contributed by atoms with Crippen LogP contribution in [0.25, 0.3) is 16.9 Å². The molecule has 0 bridgehead atoms. The maximum atomic E-state index is 13.0. The molecule has 0 saturated heterocycles. The van der Waals surface area contributed by atoms with Crippen molar-refractivity contribution in [2.24, 2.45) is 0 Å². The van der Waals surface area contributed by atoms with E-state index in [-0.39, 0.29) is 5.82 Å². The van der Waals surface area contributed by atoms with Crippen LogP contribution in [-0.2, 0) is 0 Å². The van der Waals surface area contributed by atoms with Crippen molar-refractivity contribution in [3.05, 3.63) is 69.7 Å². The summed E-state index contributed by atoms with van der Waals surface area (Å²) in [6.45, 7) is 0. The lowest BCUT2D eigenvalue weighted by atomic mass is 10.1. The fourth-order valence-corrected chi connectivity index (χ4v) is 2.39. The van der Waals surface area contributed by atoms with Crippen LogP contribution in [0.4, 0.5) is 4.39 Å². The van der Waals surface area contributed by atoms with E-state index in [0.717, 1.165) is 15.5 Å². The number of nitrogens with zero attached hydrogens (tertiary/aromatic N) is 2. The Morgan fingerprint density at radius 1 is 1.05 bits per heavy atom. The zero-order chi connectivity index (χ0) is 14.8. The molecular formula is C16H10FIN2O. The second kappa shape index (κ2) is 5.77. The Bertz CT molecular complexity index is 779. The normalized spacial score (nSPS) is 10.6. The number of aromatic nitrogens is 2. The third kappa shape index (κ3) is 2.87. The first-order valence-electron chi connectivity index (χ1n) is 6.24. The number of halogens is 2. The minimum Gasteiger partial charge on any atom is -0.298 e. The first-order chi connectivity index (χ1) is 10.2. The predicted octanol–water partition coefficient (Wildman–Crippen LogP) is 4.10. The van der Waals surface area contributed by atoms with Crippen molar-refractivity contribution in [1.29, 1.82) is 0 Å². The third-order valence-corrected chi connectivity index (χ3v) is 3.80. The highest BCUT2D eigenvalue weighted by Gasteiger charge is 2.11. The molecule has 0 saturated carbocycles. The minimum atomic E-state index is -0.316. The summed E-state index contributed by atoms with van der Waals surface area (Å²) in [4.78, 5) is 11.2. The minimum absolute atomic E-state index is 0.316. The van der Waals surface area contributed by atoms with E-state index in [4.69, 9.17) is 0 Å². The average Bonchev–Trinajstić information content (AvgIpc) is 2.93. The molecule has 2 aromatic carbocycles. The Labute approximate surface area is 134 Å². The van der Waals surface area contributed by atoms with Crippen molar-refractivity contribution in [2.75, 3.05) is 0 Å². The van der Waals surface area contributed by atoms with Gasteiger partial charge in [-0.15, -0.1) is 0 Å². The van der Waals surface area contributed by atoms with Crippen molar-refractivity contribution in [1.82, 2.24) is 9.78 Å². The Hall–Kier alpha value is -2.02. The van der Waals surface area contributed by atoms with Crippen molar-refractivity contribution in [3.63, 3.8) is 0 Å². The highest BCUT2D eigenvalue weighted by Crippen LogP contribution is 2.23. The van der Waals surface area contributed by atoms with Crippen LogP contribution in [0.1, 0.15) is 10.4 Å². The molecule has 0 N–H and O–H groups in total.